The molecule has 2 atom stereocenters. The molecule has 0 bridgehead atoms. The zero-order valence-corrected chi connectivity index (χ0v) is 4.50. The summed E-state index contributed by atoms with van der Waals surface area (Å²) in [6.07, 6.45) is -7.47. The van der Waals surface area contributed by atoms with E-state index in [0.717, 1.165) is 13.8 Å². The minimum Gasteiger partial charge on any atom is -0.0651 e. The minimum absolute atomic E-state index is 1.01. The van der Waals surface area contributed by atoms with E-state index < -0.39 is 30.9 Å². The first-order chi connectivity index (χ1) is 6.25. The largest absolute Gasteiger partial charge is 0.0651 e. The maximum Gasteiger partial charge on any atom is 0.0305 e. The highest BCUT2D eigenvalue weighted by Gasteiger charge is 2.23. The number of hydrogen-bond acceptors (Lipinski definition) is 0. The second kappa shape index (κ2) is 1.85. The van der Waals surface area contributed by atoms with E-state index in [-0.39, 0.29) is 0 Å². The van der Waals surface area contributed by atoms with Gasteiger partial charge in [0.2, 0.25) is 0 Å². The summed E-state index contributed by atoms with van der Waals surface area (Å²) >= 11 is 0. The van der Waals surface area contributed by atoms with Crippen LogP contribution < -0.4 is 0 Å². The Morgan fingerprint density at radius 1 is 2.00 bits per heavy atom. The summed E-state index contributed by atoms with van der Waals surface area (Å²) in [5, 5.41) is 0. The molecule has 0 radical (unpaired) electrons. The van der Waals surface area contributed by atoms with Crippen LogP contribution in [0.2, 0.25) is 0 Å². The van der Waals surface area contributed by atoms with Crippen LogP contribution in [-0.2, 0) is 0 Å². The van der Waals surface area contributed by atoms with Crippen molar-refractivity contribution in [2.45, 2.75) is 33.0 Å². The van der Waals surface area contributed by atoms with Crippen molar-refractivity contribution in [2.75, 3.05) is 0 Å². The maximum atomic E-state index is 7.80. The molecule has 1 saturated carbocycles. The summed E-state index contributed by atoms with van der Waals surface area (Å²) in [6.45, 7) is 2.09. The lowest BCUT2D eigenvalue weighted by Crippen LogP contribution is -2.21. The average molecular weight is 106 g/mol. The van der Waals surface area contributed by atoms with Gasteiger partial charge in [-0.25, -0.2) is 0 Å². The molecule has 0 aromatic rings. The van der Waals surface area contributed by atoms with Gasteiger partial charge in [-0.15, -0.1) is 0 Å². The minimum atomic E-state index is -2.67. The highest BCUT2D eigenvalue weighted by Crippen LogP contribution is 2.35. The molecule has 1 aliphatic carbocycles. The Hall–Kier alpha value is 0. The van der Waals surface area contributed by atoms with E-state index >= 15 is 0 Å². The van der Waals surface area contributed by atoms with Crippen molar-refractivity contribution in [3.05, 3.63) is 0 Å². The molecule has 0 N–H and O–H groups in total. The first-order valence-corrected chi connectivity index (χ1v) is 2.25. The molecular formula is C7H14. The molecule has 0 spiro atoms. The van der Waals surface area contributed by atoms with Crippen molar-refractivity contribution in [3.8, 4) is 0 Å². The lowest BCUT2D eigenvalue weighted by atomic mass is 9.74. The molecule has 0 amide bonds. The first-order valence-electron chi connectivity index (χ1n) is 6.25. The van der Waals surface area contributed by atoms with Crippen LogP contribution in [0.5, 0.6) is 0 Å². The van der Waals surface area contributed by atoms with E-state index in [2.05, 4.69) is 0 Å². The Labute approximate surface area is 57.2 Å². The standard InChI is InChI=1S/C7H14/c1-3-7-5-4-6(7)2/h6-7H,3-5H2,1-2H3/i3D2,4D2,5D2,6D,7D. The third kappa shape index (κ3) is 0.793. The Kier molecular flexibility index (Phi) is 0.296. The van der Waals surface area contributed by atoms with Gasteiger partial charge in [0.05, 0.1) is 0 Å². The molecule has 0 aliphatic heterocycles. The number of rotatable bonds is 1. The Bertz CT molecular complexity index is 268. The van der Waals surface area contributed by atoms with E-state index in [1.165, 1.54) is 0 Å². The summed E-state index contributed by atoms with van der Waals surface area (Å²) in [6, 6.07) is 0. The zero-order valence-electron chi connectivity index (χ0n) is 12.5. The van der Waals surface area contributed by atoms with Gasteiger partial charge in [-0.3, -0.25) is 0 Å². The van der Waals surface area contributed by atoms with Crippen molar-refractivity contribution >= 4 is 0 Å². The van der Waals surface area contributed by atoms with E-state index in [1.807, 2.05) is 0 Å². The van der Waals surface area contributed by atoms with Crippen LogP contribution >= 0.6 is 0 Å². The highest BCUT2D eigenvalue weighted by atomic mass is 14.3. The second-order valence-corrected chi connectivity index (χ2v) is 1.50. The molecular weight excluding hydrogens is 84.1 g/mol. The maximum absolute atomic E-state index is 7.80. The van der Waals surface area contributed by atoms with Crippen molar-refractivity contribution in [1.82, 2.24) is 0 Å². The van der Waals surface area contributed by atoms with Crippen molar-refractivity contribution in [3.63, 3.8) is 0 Å². The van der Waals surface area contributed by atoms with Crippen LogP contribution in [0.1, 0.15) is 43.9 Å². The van der Waals surface area contributed by atoms with Gasteiger partial charge in [-0.05, 0) is 18.2 Å². The van der Waals surface area contributed by atoms with Gasteiger partial charge in [0.25, 0.3) is 0 Å². The predicted octanol–water partition coefficient (Wildman–Crippen LogP) is 2.44. The van der Waals surface area contributed by atoms with Crippen molar-refractivity contribution in [2.24, 2.45) is 11.8 Å². The summed E-state index contributed by atoms with van der Waals surface area (Å²) in [5.74, 6) is -4.52. The van der Waals surface area contributed by atoms with E-state index in [1.54, 1.807) is 0 Å². The normalized spacial score (nSPS) is 94.6. The van der Waals surface area contributed by atoms with Crippen LogP contribution in [0.3, 0.4) is 0 Å². The molecule has 2 unspecified atom stereocenters. The fourth-order valence-electron chi connectivity index (χ4n) is 0.500. The molecule has 0 saturated heterocycles. The van der Waals surface area contributed by atoms with Crippen LogP contribution in [0, 0.1) is 11.8 Å². The molecule has 0 heterocycles. The monoisotopic (exact) mass is 106 g/mol. The molecule has 0 nitrogen and oxygen atoms in total. The van der Waals surface area contributed by atoms with Gasteiger partial charge < -0.3 is 0 Å². The van der Waals surface area contributed by atoms with Crippen LogP contribution in [0.4, 0.5) is 0 Å². The van der Waals surface area contributed by atoms with Gasteiger partial charge in [0.1, 0.15) is 0 Å². The van der Waals surface area contributed by atoms with E-state index in [9.17, 15) is 0 Å². The van der Waals surface area contributed by atoms with Crippen molar-refractivity contribution < 1.29 is 11.0 Å². The van der Waals surface area contributed by atoms with Gasteiger partial charge in [-0.1, -0.05) is 26.6 Å². The summed E-state index contributed by atoms with van der Waals surface area (Å²) in [4.78, 5) is 0. The molecule has 7 heavy (non-hydrogen) atoms. The van der Waals surface area contributed by atoms with Gasteiger partial charge >= 0.3 is 0 Å². The lowest BCUT2D eigenvalue weighted by Gasteiger charge is -2.32. The Balaban J connectivity index is 3.36. The number of hydrogen-bond donors (Lipinski definition) is 0. The third-order valence-corrected chi connectivity index (χ3v) is 1.00. The van der Waals surface area contributed by atoms with Crippen LogP contribution in [0.25, 0.3) is 0 Å². The molecule has 1 rings (SSSR count). The first kappa shape index (κ1) is 1.12. The topological polar surface area (TPSA) is 0 Å². The fourth-order valence-corrected chi connectivity index (χ4v) is 0.500. The molecule has 1 aliphatic rings. The third-order valence-electron chi connectivity index (χ3n) is 1.00. The van der Waals surface area contributed by atoms with Gasteiger partial charge in [-0.2, -0.15) is 0 Å². The molecule has 42 valence electrons. The quantitative estimate of drug-likeness (QED) is 0.481. The molecule has 0 aromatic carbocycles. The smallest absolute Gasteiger partial charge is 0.0305 e. The predicted molar refractivity (Wildman–Crippen MR) is 32.2 cm³/mol. The molecule has 0 aromatic heterocycles. The summed E-state index contributed by atoms with van der Waals surface area (Å²) in [7, 11) is 0. The van der Waals surface area contributed by atoms with Crippen LogP contribution in [0.15, 0.2) is 0 Å². The highest BCUT2D eigenvalue weighted by molar-refractivity contribution is 4.75. The molecule has 1 fully saturated rings. The summed E-state index contributed by atoms with van der Waals surface area (Å²) < 4.78 is 60.2. The van der Waals surface area contributed by atoms with E-state index in [4.69, 9.17) is 11.0 Å². The zero-order chi connectivity index (χ0) is 12.5. The second-order valence-electron chi connectivity index (χ2n) is 1.50. The lowest BCUT2D eigenvalue weighted by molar-refractivity contribution is 0.190. The Morgan fingerprint density at radius 3 is 3.00 bits per heavy atom. The van der Waals surface area contributed by atoms with E-state index in [0.29, 0.717) is 0 Å². The van der Waals surface area contributed by atoms with Gasteiger partial charge in [0.15, 0.2) is 0 Å². The van der Waals surface area contributed by atoms with Gasteiger partial charge in [0, 0.05) is 11.0 Å². The van der Waals surface area contributed by atoms with Crippen molar-refractivity contribution in [1.29, 1.82) is 0 Å². The SMILES string of the molecule is [2H]C([2H])(C)C1([2H])C([2H])([2H])C([2H])([2H])C1([2H])C. The Morgan fingerprint density at radius 2 is 2.71 bits per heavy atom. The fraction of sp³-hybridized carbons (Fsp3) is 1.00. The average Bonchev–Trinajstić information content (AvgIpc) is 1.98. The summed E-state index contributed by atoms with van der Waals surface area (Å²) in [5.41, 5.74) is 0. The van der Waals surface area contributed by atoms with Crippen LogP contribution in [-0.4, -0.2) is 0 Å². The molecule has 0 heteroatoms.